The van der Waals surface area contributed by atoms with E-state index in [2.05, 4.69) is 33.4 Å². The minimum atomic E-state index is -6.16. The molecule has 2 unspecified atom stereocenters. The van der Waals surface area contributed by atoms with Crippen molar-refractivity contribution in [2.24, 2.45) is 4.99 Å². The van der Waals surface area contributed by atoms with Gasteiger partial charge >= 0.3 is 0 Å². The summed E-state index contributed by atoms with van der Waals surface area (Å²) in [4.78, 5) is 64.4. The van der Waals surface area contributed by atoms with E-state index in [4.69, 9.17) is 5.73 Å². The van der Waals surface area contributed by atoms with Crippen molar-refractivity contribution in [2.75, 3.05) is 24.2 Å². The van der Waals surface area contributed by atoms with Crippen LogP contribution < -0.4 is 36.2 Å². The molecule has 0 radical (unpaired) electrons. The van der Waals surface area contributed by atoms with Gasteiger partial charge in [0.1, 0.15) is 12.2 Å². The predicted octanol–water partition coefficient (Wildman–Crippen LogP) is -4.61. The number of rotatable bonds is 9. The van der Waals surface area contributed by atoms with Gasteiger partial charge < -0.3 is 49.9 Å². The standard InChI is InChI=1S/C9H16N5O13P3/c10-9-13-7-5(8(17)14-9)12-3(1-11-7)6(16)4(15)2-25-29(21,22)27-30(23,24)26-28(18,19)20/h4,6,15-16H,1-2H2,(H,21,22)(H,23,24)(H2,18,19,20)(H4,10,11,13,14,17)/p-4/t4-,6-/m0/s1. The fraction of sp³-hybridized carbons (Fsp3) is 0.444. The van der Waals surface area contributed by atoms with Crippen molar-refractivity contribution in [3.8, 4) is 0 Å². The molecular formula is C9H12N5O13P3-4. The Morgan fingerprint density at radius 1 is 1.13 bits per heavy atom. The van der Waals surface area contributed by atoms with Crippen LogP contribution in [0.15, 0.2) is 9.79 Å². The van der Waals surface area contributed by atoms with Crippen LogP contribution in [0.2, 0.25) is 0 Å². The van der Waals surface area contributed by atoms with Gasteiger partial charge in [0.2, 0.25) is 5.95 Å². The maximum Gasteiger partial charge on any atom is 0.280 e. The number of hydrogen-bond donors (Lipinski definition) is 5. The van der Waals surface area contributed by atoms with Crippen LogP contribution >= 0.6 is 23.5 Å². The van der Waals surface area contributed by atoms with Crippen LogP contribution in [-0.4, -0.2) is 51.3 Å². The van der Waals surface area contributed by atoms with Crippen molar-refractivity contribution in [3.63, 3.8) is 0 Å². The summed E-state index contributed by atoms with van der Waals surface area (Å²) in [5, 5.41) is 22.5. The number of aromatic nitrogens is 2. The number of nitrogens with one attached hydrogen (secondary N) is 2. The molecule has 1 aliphatic rings. The Hall–Kier alpha value is -1.52. The Balaban J connectivity index is 2.04. The smallest absolute Gasteiger partial charge is 0.280 e. The molecule has 1 aliphatic heterocycles. The van der Waals surface area contributed by atoms with Crippen molar-refractivity contribution in [1.82, 2.24) is 9.97 Å². The number of hydrogen-bond acceptors (Lipinski definition) is 17. The number of phosphoric ester groups is 1. The van der Waals surface area contributed by atoms with Crippen LogP contribution in [0.5, 0.6) is 0 Å². The largest absolute Gasteiger partial charge is 0.790 e. The molecule has 0 saturated carbocycles. The summed E-state index contributed by atoms with van der Waals surface area (Å²) in [6.45, 7) is -1.55. The van der Waals surface area contributed by atoms with Gasteiger partial charge in [0, 0.05) is 0 Å². The zero-order valence-electron chi connectivity index (χ0n) is 14.3. The second-order valence-corrected chi connectivity index (χ2v) is 9.67. The van der Waals surface area contributed by atoms with Crippen molar-refractivity contribution < 1.29 is 56.6 Å². The van der Waals surface area contributed by atoms with Crippen molar-refractivity contribution in [1.29, 1.82) is 0 Å². The number of fused-ring (bicyclic) bond motifs is 1. The molecule has 18 nitrogen and oxygen atoms in total. The number of aliphatic hydroxyl groups is 2. The van der Waals surface area contributed by atoms with Crippen LogP contribution in [0, 0.1) is 0 Å². The maximum absolute atomic E-state index is 11.8. The summed E-state index contributed by atoms with van der Waals surface area (Å²) in [6, 6.07) is 0. The fourth-order valence-corrected chi connectivity index (χ4v) is 4.87. The van der Waals surface area contributed by atoms with Gasteiger partial charge in [0.15, 0.2) is 11.5 Å². The number of aliphatic hydroxyl groups excluding tert-OH is 2. The zero-order valence-corrected chi connectivity index (χ0v) is 17.0. The van der Waals surface area contributed by atoms with Crippen LogP contribution in [0.3, 0.4) is 0 Å². The molecule has 1 aromatic rings. The second-order valence-electron chi connectivity index (χ2n) is 5.42. The molecule has 170 valence electrons. The highest BCUT2D eigenvalue weighted by Crippen LogP contribution is 2.60. The van der Waals surface area contributed by atoms with Gasteiger partial charge in [-0.1, -0.05) is 0 Å². The lowest BCUT2D eigenvalue weighted by Gasteiger charge is -2.37. The number of aromatic amines is 1. The summed E-state index contributed by atoms with van der Waals surface area (Å²) >= 11 is 0. The third-order valence-corrected chi connectivity index (χ3v) is 6.78. The Bertz CT molecular complexity index is 1040. The zero-order chi connectivity index (χ0) is 22.9. The number of aliphatic imine (C=N–C) groups is 1. The summed E-state index contributed by atoms with van der Waals surface area (Å²) in [5.74, 6) is -0.231. The predicted molar refractivity (Wildman–Crippen MR) is 87.8 cm³/mol. The minimum absolute atomic E-state index is 0.0179. The van der Waals surface area contributed by atoms with Gasteiger partial charge in [-0.2, -0.15) is 4.98 Å². The highest BCUT2D eigenvalue weighted by atomic mass is 31.3. The molecule has 2 rings (SSSR count). The topological polar surface area (TPSA) is 308 Å². The summed E-state index contributed by atoms with van der Waals surface area (Å²) in [6.07, 6.45) is -3.96. The lowest BCUT2D eigenvalue weighted by atomic mass is 10.1. The summed E-state index contributed by atoms with van der Waals surface area (Å²) < 4.78 is 43.0. The molecule has 1 aromatic heterocycles. The molecule has 4 atom stereocenters. The highest BCUT2D eigenvalue weighted by molar-refractivity contribution is 7.64. The highest BCUT2D eigenvalue weighted by Gasteiger charge is 2.29. The Morgan fingerprint density at radius 2 is 1.77 bits per heavy atom. The Labute approximate surface area is 165 Å². The van der Waals surface area contributed by atoms with Gasteiger partial charge in [-0.3, -0.25) is 23.2 Å². The normalized spacial score (nSPS) is 20.1. The average Bonchev–Trinajstić information content (AvgIpc) is 2.55. The number of phosphoric acid groups is 3. The van der Waals surface area contributed by atoms with Crippen molar-refractivity contribution in [3.05, 3.63) is 10.4 Å². The van der Waals surface area contributed by atoms with Crippen LogP contribution in [0.25, 0.3) is 0 Å². The van der Waals surface area contributed by atoms with E-state index in [1.54, 1.807) is 0 Å². The molecule has 30 heavy (non-hydrogen) atoms. The van der Waals surface area contributed by atoms with E-state index < -0.39 is 47.8 Å². The summed E-state index contributed by atoms with van der Waals surface area (Å²) in [7, 11) is -18.2. The number of anilines is 2. The van der Waals surface area contributed by atoms with E-state index in [9.17, 15) is 48.3 Å². The van der Waals surface area contributed by atoms with Gasteiger partial charge in [-0.05, 0) is 0 Å². The first-order chi connectivity index (χ1) is 13.6. The molecule has 0 bridgehead atoms. The molecule has 0 aliphatic carbocycles. The first-order valence-corrected chi connectivity index (χ1v) is 11.8. The van der Waals surface area contributed by atoms with Gasteiger partial charge in [-0.15, -0.1) is 0 Å². The third-order valence-electron chi connectivity index (χ3n) is 3.11. The average molecular weight is 491 g/mol. The maximum atomic E-state index is 11.8. The minimum Gasteiger partial charge on any atom is -0.790 e. The second kappa shape index (κ2) is 8.92. The van der Waals surface area contributed by atoms with E-state index in [0.717, 1.165) is 0 Å². The SMILES string of the molecule is Nc1nc2c(c(=O)[nH]1)N=C([C@H](O)[C@@H](O)COP(=O)([O-])OP(=O)([O-])OP(=O)([O-])[O-])CN2. The first kappa shape index (κ1) is 24.7. The fourth-order valence-electron chi connectivity index (χ4n) is 2.00. The Morgan fingerprint density at radius 3 is 2.37 bits per heavy atom. The number of nitrogen functional groups attached to an aromatic ring is 1. The molecule has 0 aromatic carbocycles. The molecular weight excluding hydrogens is 479 g/mol. The summed E-state index contributed by atoms with van der Waals surface area (Å²) in [5.41, 5.74) is 4.03. The van der Waals surface area contributed by atoms with Gasteiger partial charge in [-0.25, -0.2) is 9.30 Å². The van der Waals surface area contributed by atoms with E-state index in [-0.39, 0.29) is 29.7 Å². The van der Waals surface area contributed by atoms with Crippen molar-refractivity contribution in [2.45, 2.75) is 12.2 Å². The van der Waals surface area contributed by atoms with E-state index in [1.165, 1.54) is 0 Å². The number of nitrogens with two attached hydrogens (primary N) is 1. The van der Waals surface area contributed by atoms with E-state index in [0.29, 0.717) is 0 Å². The van der Waals surface area contributed by atoms with Gasteiger partial charge in [0.25, 0.3) is 21.2 Å². The van der Waals surface area contributed by atoms with E-state index >= 15 is 0 Å². The van der Waals surface area contributed by atoms with Crippen LogP contribution in [0.4, 0.5) is 17.5 Å². The molecule has 0 spiro atoms. The van der Waals surface area contributed by atoms with Gasteiger partial charge in [0.05, 0.1) is 26.7 Å². The van der Waals surface area contributed by atoms with Crippen LogP contribution in [0.1, 0.15) is 0 Å². The molecule has 0 amide bonds. The third kappa shape index (κ3) is 7.02. The number of H-pyrrole nitrogens is 1. The Kier molecular flexibility index (Phi) is 7.36. The van der Waals surface area contributed by atoms with E-state index in [1.807, 2.05) is 0 Å². The lowest BCUT2D eigenvalue weighted by molar-refractivity contribution is -0.339. The monoisotopic (exact) mass is 491 g/mol. The van der Waals surface area contributed by atoms with Crippen LogP contribution in [-0.2, 0) is 26.8 Å². The van der Waals surface area contributed by atoms with Crippen molar-refractivity contribution >= 4 is 46.6 Å². The molecule has 6 N–H and O–H groups in total. The molecule has 2 heterocycles. The number of nitrogens with zero attached hydrogens (tertiary/aromatic N) is 2. The molecule has 0 fully saturated rings. The molecule has 21 heteroatoms. The molecule has 0 saturated heterocycles. The quantitative estimate of drug-likeness (QED) is 0.203. The lowest BCUT2D eigenvalue weighted by Crippen LogP contribution is -2.41. The first-order valence-electron chi connectivity index (χ1n) is 7.37.